The molecule has 3 heterocycles. The van der Waals surface area contributed by atoms with E-state index in [4.69, 9.17) is 9.26 Å². The van der Waals surface area contributed by atoms with Gasteiger partial charge >= 0.3 is 0 Å². The SMILES string of the molecule is COc1cccc(CC(=O)N2CCCC(F)(c3nc(-c4cccnc4)no3)C2)c1. The summed E-state index contributed by atoms with van der Waals surface area (Å²) in [6.07, 6.45) is 4.14. The fourth-order valence-electron chi connectivity index (χ4n) is 3.48. The van der Waals surface area contributed by atoms with Crippen LogP contribution in [0.2, 0.25) is 0 Å². The number of alkyl halides is 1. The highest BCUT2D eigenvalue weighted by atomic mass is 19.1. The highest BCUT2D eigenvalue weighted by Crippen LogP contribution is 2.35. The van der Waals surface area contributed by atoms with Gasteiger partial charge in [-0.3, -0.25) is 9.78 Å². The van der Waals surface area contributed by atoms with Gasteiger partial charge in [0.1, 0.15) is 5.75 Å². The zero-order valence-corrected chi connectivity index (χ0v) is 16.0. The number of benzene rings is 1. The molecule has 29 heavy (non-hydrogen) atoms. The molecule has 1 aromatic carbocycles. The topological polar surface area (TPSA) is 81.4 Å². The molecule has 0 N–H and O–H groups in total. The summed E-state index contributed by atoms with van der Waals surface area (Å²) in [5.41, 5.74) is -0.399. The lowest BCUT2D eigenvalue weighted by molar-refractivity contribution is -0.135. The third-order valence-corrected chi connectivity index (χ3v) is 5.01. The van der Waals surface area contributed by atoms with E-state index in [9.17, 15) is 4.79 Å². The van der Waals surface area contributed by atoms with Crippen molar-refractivity contribution < 1.29 is 18.4 Å². The zero-order chi connectivity index (χ0) is 20.3. The number of methoxy groups -OCH3 is 1. The van der Waals surface area contributed by atoms with E-state index in [0.717, 1.165) is 5.56 Å². The molecule has 4 rings (SSSR count). The van der Waals surface area contributed by atoms with E-state index in [1.54, 1.807) is 31.6 Å². The Hall–Kier alpha value is -3.29. The number of amides is 1. The Morgan fingerprint density at radius 2 is 2.24 bits per heavy atom. The maximum absolute atomic E-state index is 15.7. The fourth-order valence-corrected chi connectivity index (χ4v) is 3.48. The van der Waals surface area contributed by atoms with Crippen LogP contribution in [0.25, 0.3) is 11.4 Å². The molecule has 0 saturated carbocycles. The first kappa shape index (κ1) is 19.0. The number of rotatable bonds is 5. The van der Waals surface area contributed by atoms with E-state index in [2.05, 4.69) is 15.1 Å². The minimum Gasteiger partial charge on any atom is -0.497 e. The lowest BCUT2D eigenvalue weighted by Crippen LogP contribution is -2.47. The first-order chi connectivity index (χ1) is 14.1. The van der Waals surface area contributed by atoms with Gasteiger partial charge in [-0.25, -0.2) is 4.39 Å². The van der Waals surface area contributed by atoms with Crippen LogP contribution >= 0.6 is 0 Å². The second kappa shape index (κ2) is 7.98. The van der Waals surface area contributed by atoms with E-state index in [1.165, 1.54) is 4.90 Å². The molecule has 3 aromatic rings. The molecule has 1 unspecified atom stereocenters. The number of nitrogens with zero attached hydrogens (tertiary/aromatic N) is 4. The molecule has 0 spiro atoms. The molecule has 1 saturated heterocycles. The summed E-state index contributed by atoms with van der Waals surface area (Å²) in [6, 6.07) is 10.8. The van der Waals surface area contributed by atoms with Crippen molar-refractivity contribution in [1.82, 2.24) is 20.0 Å². The van der Waals surface area contributed by atoms with Crippen LogP contribution in [0.1, 0.15) is 24.3 Å². The number of pyridine rings is 1. The van der Waals surface area contributed by atoms with Crippen molar-refractivity contribution in [2.24, 2.45) is 0 Å². The van der Waals surface area contributed by atoms with Gasteiger partial charge in [-0.15, -0.1) is 0 Å². The Bertz CT molecular complexity index is 994. The van der Waals surface area contributed by atoms with Gasteiger partial charge in [-0.2, -0.15) is 4.98 Å². The van der Waals surface area contributed by atoms with Crippen LogP contribution in [0.15, 0.2) is 53.3 Å². The number of hydrogen-bond donors (Lipinski definition) is 0. The monoisotopic (exact) mass is 396 g/mol. The predicted octanol–water partition coefficient (Wildman–Crippen LogP) is 3.17. The number of hydrogen-bond acceptors (Lipinski definition) is 6. The number of aromatic nitrogens is 3. The lowest BCUT2D eigenvalue weighted by atomic mass is 9.94. The first-order valence-corrected chi connectivity index (χ1v) is 9.42. The average Bonchev–Trinajstić information content (AvgIpc) is 3.26. The highest BCUT2D eigenvalue weighted by molar-refractivity contribution is 5.79. The second-order valence-electron chi connectivity index (χ2n) is 7.08. The van der Waals surface area contributed by atoms with E-state index < -0.39 is 5.67 Å². The summed E-state index contributed by atoms with van der Waals surface area (Å²) in [7, 11) is 1.58. The van der Waals surface area contributed by atoms with Crippen LogP contribution in [-0.2, 0) is 16.9 Å². The molecule has 1 aliphatic rings. The van der Waals surface area contributed by atoms with Crippen molar-refractivity contribution in [1.29, 1.82) is 0 Å². The molecular weight excluding hydrogens is 375 g/mol. The molecule has 1 atom stereocenters. The van der Waals surface area contributed by atoms with Crippen molar-refractivity contribution in [3.05, 3.63) is 60.2 Å². The van der Waals surface area contributed by atoms with Crippen LogP contribution in [0.5, 0.6) is 5.75 Å². The van der Waals surface area contributed by atoms with Crippen molar-refractivity contribution in [3.8, 4) is 17.1 Å². The number of piperidine rings is 1. The minimum absolute atomic E-state index is 0.102. The lowest BCUT2D eigenvalue weighted by Gasteiger charge is -2.35. The van der Waals surface area contributed by atoms with Gasteiger partial charge in [-0.1, -0.05) is 17.3 Å². The van der Waals surface area contributed by atoms with Crippen LogP contribution < -0.4 is 4.74 Å². The van der Waals surface area contributed by atoms with Crippen molar-refractivity contribution in [2.75, 3.05) is 20.2 Å². The molecule has 7 nitrogen and oxygen atoms in total. The van der Waals surface area contributed by atoms with E-state index in [0.29, 0.717) is 24.3 Å². The second-order valence-corrected chi connectivity index (χ2v) is 7.08. The number of carbonyl (C=O) groups excluding carboxylic acids is 1. The summed E-state index contributed by atoms with van der Waals surface area (Å²) < 4.78 is 26.1. The number of halogens is 1. The summed E-state index contributed by atoms with van der Waals surface area (Å²) >= 11 is 0. The van der Waals surface area contributed by atoms with Crippen molar-refractivity contribution in [2.45, 2.75) is 24.9 Å². The summed E-state index contributed by atoms with van der Waals surface area (Å²) in [5.74, 6) is 0.717. The minimum atomic E-state index is -1.87. The summed E-state index contributed by atoms with van der Waals surface area (Å²) in [4.78, 5) is 22.5. The molecule has 0 radical (unpaired) electrons. The number of likely N-dealkylation sites (tertiary alicyclic amines) is 1. The van der Waals surface area contributed by atoms with Gasteiger partial charge in [0.2, 0.25) is 17.4 Å². The fraction of sp³-hybridized carbons (Fsp3) is 0.333. The normalized spacial score (nSPS) is 19.2. The van der Waals surface area contributed by atoms with Gasteiger partial charge < -0.3 is 14.2 Å². The molecule has 150 valence electrons. The van der Waals surface area contributed by atoms with Crippen LogP contribution in [0.4, 0.5) is 4.39 Å². The van der Waals surface area contributed by atoms with Gasteiger partial charge in [0, 0.05) is 24.5 Å². The summed E-state index contributed by atoms with van der Waals surface area (Å²) in [6.45, 7) is 0.391. The van der Waals surface area contributed by atoms with E-state index in [-0.39, 0.29) is 37.0 Å². The number of ether oxygens (including phenoxy) is 1. The maximum Gasteiger partial charge on any atom is 0.266 e. The maximum atomic E-state index is 15.7. The molecule has 1 aliphatic heterocycles. The Morgan fingerprint density at radius 3 is 3.03 bits per heavy atom. The van der Waals surface area contributed by atoms with E-state index >= 15 is 4.39 Å². The molecule has 2 aromatic heterocycles. The molecule has 1 fully saturated rings. The van der Waals surface area contributed by atoms with Gasteiger partial charge in [-0.05, 0) is 42.7 Å². The summed E-state index contributed by atoms with van der Waals surface area (Å²) in [5, 5.41) is 3.88. The molecular formula is C21H21FN4O3. The number of carbonyl (C=O) groups is 1. The Morgan fingerprint density at radius 1 is 1.34 bits per heavy atom. The Balaban J connectivity index is 1.48. The van der Waals surface area contributed by atoms with E-state index in [1.807, 2.05) is 24.3 Å². The highest BCUT2D eigenvalue weighted by Gasteiger charge is 2.43. The van der Waals surface area contributed by atoms with Gasteiger partial charge in [0.05, 0.1) is 20.1 Å². The standard InChI is InChI=1S/C21H21FN4O3/c1-28-17-7-2-5-15(11-17)12-18(27)26-10-4-8-21(22,14-26)20-24-19(25-29-20)16-6-3-9-23-13-16/h2-3,5-7,9,11,13H,4,8,10,12,14H2,1H3. The Kier molecular flexibility index (Phi) is 5.24. The first-order valence-electron chi connectivity index (χ1n) is 9.42. The van der Waals surface area contributed by atoms with Crippen LogP contribution in [-0.4, -0.2) is 46.1 Å². The quantitative estimate of drug-likeness (QED) is 0.659. The van der Waals surface area contributed by atoms with Crippen LogP contribution in [0, 0.1) is 0 Å². The van der Waals surface area contributed by atoms with Crippen molar-refractivity contribution >= 4 is 5.91 Å². The third-order valence-electron chi connectivity index (χ3n) is 5.01. The molecule has 0 aliphatic carbocycles. The zero-order valence-electron chi connectivity index (χ0n) is 16.0. The van der Waals surface area contributed by atoms with Gasteiger partial charge in [0.25, 0.3) is 5.89 Å². The smallest absolute Gasteiger partial charge is 0.266 e. The average molecular weight is 396 g/mol. The predicted molar refractivity (Wildman–Crippen MR) is 103 cm³/mol. The Labute approximate surface area is 167 Å². The molecule has 8 heteroatoms. The largest absolute Gasteiger partial charge is 0.497 e. The van der Waals surface area contributed by atoms with Gasteiger partial charge in [0.15, 0.2) is 0 Å². The molecule has 0 bridgehead atoms. The van der Waals surface area contributed by atoms with Crippen LogP contribution in [0.3, 0.4) is 0 Å². The third kappa shape index (κ3) is 4.11. The molecule has 1 amide bonds. The van der Waals surface area contributed by atoms with Crippen molar-refractivity contribution in [3.63, 3.8) is 0 Å².